The van der Waals surface area contributed by atoms with Crippen LogP contribution in [0.3, 0.4) is 0 Å². The van der Waals surface area contributed by atoms with Crippen LogP contribution in [0.1, 0.15) is 107 Å². The first-order valence-corrected chi connectivity index (χ1v) is 16.0. The van der Waals surface area contributed by atoms with Crippen LogP contribution in [-0.2, 0) is 6.42 Å². The number of rotatable bonds is 5. The zero-order chi connectivity index (χ0) is 26.3. The van der Waals surface area contributed by atoms with Crippen molar-refractivity contribution in [3.05, 3.63) is 53.6 Å². The average molecular weight is 526 g/mol. The highest BCUT2D eigenvalue weighted by molar-refractivity contribution is 5.93. The molecule has 5 nitrogen and oxygen atoms in total. The summed E-state index contributed by atoms with van der Waals surface area (Å²) in [6.45, 7) is 4.11. The van der Waals surface area contributed by atoms with Crippen LogP contribution >= 0.6 is 0 Å². The Morgan fingerprint density at radius 2 is 1.82 bits per heavy atom. The van der Waals surface area contributed by atoms with E-state index in [1.165, 1.54) is 62.2 Å². The summed E-state index contributed by atoms with van der Waals surface area (Å²) in [5.41, 5.74) is 5.14. The number of aliphatic imine (C=N–C) groups is 1. The Kier molecular flexibility index (Phi) is 6.89. The van der Waals surface area contributed by atoms with Crippen LogP contribution in [0, 0.1) is 35.5 Å². The van der Waals surface area contributed by atoms with E-state index in [4.69, 9.17) is 9.97 Å². The van der Waals surface area contributed by atoms with Gasteiger partial charge in [0.05, 0.1) is 0 Å². The van der Waals surface area contributed by atoms with Crippen LogP contribution in [0.25, 0.3) is 0 Å². The van der Waals surface area contributed by atoms with Gasteiger partial charge in [0.25, 0.3) is 0 Å². The molecule has 2 heterocycles. The number of aryl methyl sites for hydroxylation is 2. The highest BCUT2D eigenvalue weighted by Crippen LogP contribution is 2.79. The fraction of sp³-hybridized carbons (Fsp3) is 0.676. The molecule has 1 aromatic heterocycles. The Bertz CT molecular complexity index is 1180. The Morgan fingerprint density at radius 3 is 2.64 bits per heavy atom. The number of hydrogen-bond acceptors (Lipinski definition) is 5. The monoisotopic (exact) mass is 525 g/mol. The predicted octanol–water partition coefficient (Wildman–Crippen LogP) is 7.43. The van der Waals surface area contributed by atoms with Gasteiger partial charge < -0.3 is 10.6 Å². The number of para-hydroxylation sites is 1. The van der Waals surface area contributed by atoms with Crippen LogP contribution in [-0.4, -0.2) is 29.0 Å². The minimum absolute atomic E-state index is 0.632. The molecule has 39 heavy (non-hydrogen) atoms. The van der Waals surface area contributed by atoms with Gasteiger partial charge in [-0.1, -0.05) is 37.5 Å². The fourth-order valence-electron chi connectivity index (χ4n) is 9.83. The smallest absolute Gasteiger partial charge is 0.195 e. The molecule has 5 heteroatoms. The van der Waals surface area contributed by atoms with Crippen molar-refractivity contribution in [2.45, 2.75) is 103 Å². The van der Waals surface area contributed by atoms with E-state index < -0.39 is 0 Å². The van der Waals surface area contributed by atoms with Crippen LogP contribution in [0.5, 0.6) is 0 Å². The summed E-state index contributed by atoms with van der Waals surface area (Å²) in [6.07, 6.45) is 19.9. The molecule has 8 rings (SSSR count). The maximum Gasteiger partial charge on any atom is 0.195 e. The molecule has 1 aromatic carbocycles. The third-order valence-corrected chi connectivity index (χ3v) is 11.3. The third kappa shape index (κ3) is 5.11. The highest BCUT2D eigenvalue weighted by atomic mass is 15.2. The van der Waals surface area contributed by atoms with Crippen LogP contribution in [0.15, 0.2) is 41.4 Å². The quantitative estimate of drug-likeness (QED) is 0.426. The molecule has 0 amide bonds. The molecular formula is C34H47N5. The third-order valence-electron chi connectivity index (χ3n) is 11.3. The van der Waals surface area contributed by atoms with Gasteiger partial charge in [-0.25, -0.2) is 9.97 Å². The molecular weight excluding hydrogens is 478 g/mol. The second kappa shape index (κ2) is 10.5. The lowest BCUT2D eigenvalue weighted by Gasteiger charge is -2.49. The van der Waals surface area contributed by atoms with Crippen LogP contribution in [0.2, 0.25) is 0 Å². The van der Waals surface area contributed by atoms with Gasteiger partial charge in [-0.3, -0.25) is 4.99 Å². The van der Waals surface area contributed by atoms with Crippen LogP contribution in [0.4, 0.5) is 5.69 Å². The number of guanidine groups is 1. The molecule has 5 saturated carbocycles. The Labute approximate surface area is 235 Å². The number of hydrogen-bond donors (Lipinski definition) is 2. The van der Waals surface area contributed by atoms with E-state index in [1.807, 2.05) is 30.3 Å². The Morgan fingerprint density at radius 1 is 0.949 bits per heavy atom. The maximum atomic E-state index is 5.09. The standard InChI is InChI=1S/C24H34N2.C10H13N3/c1-16-9-21(26-22(25-16)18-5-3-2-4-6-18)7-8-23-12-17-10-19-11-20(14-23)24(19,13-17)15-23;1-2-5-9(6-3-1)13-10-11-7-4-8-12-10/h9,17-20H,2-8,10-15H2,1H3;1-3,5-6H,4,7-8H2,(H2,11,12,13). The van der Waals surface area contributed by atoms with E-state index >= 15 is 0 Å². The number of aromatic nitrogens is 2. The summed E-state index contributed by atoms with van der Waals surface area (Å²) in [5, 5.41) is 6.43. The normalized spacial score (nSPS) is 34.3. The molecule has 2 aromatic rings. The topological polar surface area (TPSA) is 62.2 Å². The summed E-state index contributed by atoms with van der Waals surface area (Å²) in [7, 11) is 0. The van der Waals surface area contributed by atoms with E-state index in [2.05, 4.69) is 28.6 Å². The second-order valence-electron chi connectivity index (χ2n) is 13.9. The number of anilines is 1. The number of nitrogens with one attached hydrogen (secondary N) is 2. The first kappa shape index (κ1) is 25.5. The van der Waals surface area contributed by atoms with Gasteiger partial charge in [-0.05, 0) is 124 Å². The summed E-state index contributed by atoms with van der Waals surface area (Å²) in [5.74, 6) is 5.99. The lowest BCUT2D eigenvalue weighted by Crippen LogP contribution is -2.41. The molecule has 3 bridgehead atoms. The van der Waals surface area contributed by atoms with Gasteiger partial charge in [0, 0.05) is 36.1 Å². The summed E-state index contributed by atoms with van der Waals surface area (Å²) in [4.78, 5) is 14.2. The van der Waals surface area contributed by atoms with Crippen molar-refractivity contribution in [2.75, 3.05) is 18.4 Å². The number of fused-ring (bicyclic) bond motifs is 2. The molecule has 6 aliphatic rings. The first-order chi connectivity index (χ1) is 19.1. The number of benzene rings is 1. The molecule has 5 aliphatic carbocycles. The van der Waals surface area contributed by atoms with E-state index in [0.29, 0.717) is 11.3 Å². The summed E-state index contributed by atoms with van der Waals surface area (Å²) >= 11 is 0. The van der Waals surface area contributed by atoms with Gasteiger partial charge in [0.2, 0.25) is 0 Å². The fourth-order valence-corrected chi connectivity index (χ4v) is 9.83. The molecule has 1 aliphatic heterocycles. The molecule has 5 unspecified atom stereocenters. The molecule has 5 atom stereocenters. The largest absolute Gasteiger partial charge is 0.356 e. The predicted molar refractivity (Wildman–Crippen MR) is 159 cm³/mol. The minimum Gasteiger partial charge on any atom is -0.356 e. The van der Waals surface area contributed by atoms with Gasteiger partial charge in [-0.15, -0.1) is 0 Å². The summed E-state index contributed by atoms with van der Waals surface area (Å²) < 4.78 is 0. The van der Waals surface area contributed by atoms with E-state index in [-0.39, 0.29) is 0 Å². The van der Waals surface area contributed by atoms with E-state index in [1.54, 1.807) is 38.5 Å². The Balaban J connectivity index is 0.000000164. The van der Waals surface area contributed by atoms with E-state index in [9.17, 15) is 0 Å². The van der Waals surface area contributed by atoms with Gasteiger partial charge >= 0.3 is 0 Å². The first-order valence-electron chi connectivity index (χ1n) is 16.0. The number of nitrogens with zero attached hydrogens (tertiary/aromatic N) is 3. The molecule has 0 radical (unpaired) electrons. The molecule has 208 valence electrons. The van der Waals surface area contributed by atoms with Crippen molar-refractivity contribution in [1.82, 2.24) is 15.3 Å². The zero-order valence-corrected chi connectivity index (χ0v) is 23.9. The minimum atomic E-state index is 0.632. The second-order valence-corrected chi connectivity index (χ2v) is 13.9. The van der Waals surface area contributed by atoms with Crippen molar-refractivity contribution >= 4 is 11.6 Å². The zero-order valence-electron chi connectivity index (χ0n) is 23.9. The van der Waals surface area contributed by atoms with Crippen molar-refractivity contribution in [1.29, 1.82) is 0 Å². The van der Waals surface area contributed by atoms with Gasteiger partial charge in [0.1, 0.15) is 5.82 Å². The molecule has 5 fully saturated rings. The lowest BCUT2D eigenvalue weighted by atomic mass is 9.55. The van der Waals surface area contributed by atoms with Crippen molar-refractivity contribution in [2.24, 2.45) is 33.6 Å². The van der Waals surface area contributed by atoms with Crippen molar-refractivity contribution in [3.8, 4) is 0 Å². The van der Waals surface area contributed by atoms with Gasteiger partial charge in [0.15, 0.2) is 5.96 Å². The Hall–Kier alpha value is -2.43. The average Bonchev–Trinajstić information content (AvgIpc) is 3.28. The van der Waals surface area contributed by atoms with E-state index in [0.717, 1.165) is 54.3 Å². The lowest BCUT2D eigenvalue weighted by molar-refractivity contribution is -0.00299. The maximum absolute atomic E-state index is 5.09. The van der Waals surface area contributed by atoms with Gasteiger partial charge in [-0.2, -0.15) is 0 Å². The molecule has 1 spiro atoms. The van der Waals surface area contributed by atoms with Crippen LogP contribution < -0.4 is 10.6 Å². The summed E-state index contributed by atoms with van der Waals surface area (Å²) in [6, 6.07) is 12.3. The molecule has 2 N–H and O–H groups in total. The molecule has 0 saturated heterocycles. The van der Waals surface area contributed by atoms with Crippen molar-refractivity contribution < 1.29 is 0 Å². The highest BCUT2D eigenvalue weighted by Gasteiger charge is 2.70. The SMILES string of the molecule is Cc1cc(CCC23CC4CC5CC(C2)C5(C4)C3)nc(C2CCCCC2)n1.c1ccc(NC2=NCCCN2)cc1. The van der Waals surface area contributed by atoms with Crippen molar-refractivity contribution in [3.63, 3.8) is 0 Å².